The number of likely N-dealkylation sites (N-methyl/N-ethyl adjacent to an activating group) is 1. The molecular weight excluding hydrogens is 190 g/mol. The van der Waals surface area contributed by atoms with E-state index in [0.29, 0.717) is 25.0 Å². The number of nitrogens with zero attached hydrogens (tertiary/aromatic N) is 1. The van der Waals surface area contributed by atoms with E-state index in [1.54, 1.807) is 7.05 Å². The molecule has 1 aliphatic heterocycles. The molecule has 0 aromatic rings. The maximum absolute atomic E-state index is 11.3. The fraction of sp³-hybridized carbons (Fsp3) is 0.909. The molecule has 1 fully saturated rings. The Labute approximate surface area is 92.2 Å². The van der Waals surface area contributed by atoms with Crippen LogP contribution in [0.5, 0.6) is 0 Å². The second-order valence-electron chi connectivity index (χ2n) is 4.26. The minimum absolute atomic E-state index is 0.0882. The van der Waals surface area contributed by atoms with Gasteiger partial charge >= 0.3 is 0 Å². The fourth-order valence-electron chi connectivity index (χ4n) is 2.49. The van der Waals surface area contributed by atoms with Gasteiger partial charge in [0.15, 0.2) is 0 Å². The van der Waals surface area contributed by atoms with Crippen molar-refractivity contribution >= 4 is 5.91 Å². The lowest BCUT2D eigenvalue weighted by atomic mass is 9.87. The molecular formula is C11H23N3O. The molecule has 0 aromatic carbocycles. The third-order valence-electron chi connectivity index (χ3n) is 3.42. The van der Waals surface area contributed by atoms with Gasteiger partial charge in [0, 0.05) is 19.6 Å². The molecule has 1 amide bonds. The van der Waals surface area contributed by atoms with Gasteiger partial charge in [0.25, 0.3) is 0 Å². The van der Waals surface area contributed by atoms with Crippen molar-refractivity contribution in [3.8, 4) is 0 Å². The van der Waals surface area contributed by atoms with Crippen molar-refractivity contribution in [2.75, 3.05) is 26.7 Å². The van der Waals surface area contributed by atoms with Crippen LogP contribution in [0.3, 0.4) is 0 Å². The van der Waals surface area contributed by atoms with Crippen LogP contribution in [0, 0.1) is 5.92 Å². The van der Waals surface area contributed by atoms with E-state index in [-0.39, 0.29) is 5.91 Å². The number of hydrogen-bond acceptors (Lipinski definition) is 3. The van der Waals surface area contributed by atoms with Crippen molar-refractivity contribution in [1.82, 2.24) is 10.2 Å². The Kier molecular flexibility index (Phi) is 5.05. The van der Waals surface area contributed by atoms with Crippen LogP contribution in [0.15, 0.2) is 0 Å². The van der Waals surface area contributed by atoms with Gasteiger partial charge in [-0.2, -0.15) is 0 Å². The topological polar surface area (TPSA) is 58.4 Å². The Balaban J connectivity index is 2.56. The first-order valence-corrected chi connectivity index (χ1v) is 5.87. The van der Waals surface area contributed by atoms with Crippen molar-refractivity contribution in [2.24, 2.45) is 11.7 Å². The first kappa shape index (κ1) is 12.5. The van der Waals surface area contributed by atoms with Crippen LogP contribution in [0.2, 0.25) is 0 Å². The number of nitrogens with two attached hydrogens (primary N) is 1. The molecule has 1 aliphatic rings. The van der Waals surface area contributed by atoms with Gasteiger partial charge in [0.2, 0.25) is 5.91 Å². The maximum Gasteiger partial charge on any atom is 0.233 e. The van der Waals surface area contributed by atoms with Crippen LogP contribution >= 0.6 is 0 Å². The van der Waals surface area contributed by atoms with Crippen LogP contribution in [0.25, 0.3) is 0 Å². The zero-order valence-electron chi connectivity index (χ0n) is 9.83. The standard InChI is InChI=1S/C11H23N3O/c1-3-9-5-4-6-14(10(9)7-12)8-11(15)13-2/h9-10H,3-8,12H2,1-2H3,(H,13,15). The first-order valence-electron chi connectivity index (χ1n) is 5.87. The number of hydrogen-bond donors (Lipinski definition) is 2. The van der Waals surface area contributed by atoms with Crippen molar-refractivity contribution in [3.05, 3.63) is 0 Å². The van der Waals surface area contributed by atoms with E-state index in [0.717, 1.165) is 13.0 Å². The summed E-state index contributed by atoms with van der Waals surface area (Å²) in [5.41, 5.74) is 5.80. The van der Waals surface area contributed by atoms with E-state index < -0.39 is 0 Å². The molecule has 2 unspecified atom stereocenters. The summed E-state index contributed by atoms with van der Waals surface area (Å²) in [5, 5.41) is 2.67. The smallest absolute Gasteiger partial charge is 0.233 e. The lowest BCUT2D eigenvalue weighted by Gasteiger charge is -2.40. The molecule has 15 heavy (non-hydrogen) atoms. The summed E-state index contributed by atoms with van der Waals surface area (Å²) in [7, 11) is 1.68. The van der Waals surface area contributed by atoms with Crippen LogP contribution < -0.4 is 11.1 Å². The molecule has 1 heterocycles. The summed E-state index contributed by atoms with van der Waals surface area (Å²) in [6, 6.07) is 0.390. The second-order valence-corrected chi connectivity index (χ2v) is 4.26. The van der Waals surface area contributed by atoms with Gasteiger partial charge in [-0.25, -0.2) is 0 Å². The number of piperidine rings is 1. The molecule has 1 rings (SSSR count). The Morgan fingerprint density at radius 3 is 2.87 bits per heavy atom. The van der Waals surface area contributed by atoms with Crippen molar-refractivity contribution in [1.29, 1.82) is 0 Å². The Bertz CT molecular complexity index is 208. The minimum Gasteiger partial charge on any atom is -0.358 e. The third-order valence-corrected chi connectivity index (χ3v) is 3.42. The summed E-state index contributed by atoms with van der Waals surface area (Å²) in [6.45, 7) is 4.37. The number of nitrogens with one attached hydrogen (secondary N) is 1. The molecule has 3 N–H and O–H groups in total. The number of rotatable bonds is 4. The summed E-state index contributed by atoms with van der Waals surface area (Å²) in [5.74, 6) is 0.749. The quantitative estimate of drug-likeness (QED) is 0.700. The fourth-order valence-corrected chi connectivity index (χ4v) is 2.49. The molecule has 0 aliphatic carbocycles. The van der Waals surface area contributed by atoms with Gasteiger partial charge in [-0.05, 0) is 25.3 Å². The first-order chi connectivity index (χ1) is 7.22. The Morgan fingerprint density at radius 2 is 2.33 bits per heavy atom. The molecule has 4 heteroatoms. The van der Waals surface area contributed by atoms with Crippen LogP contribution in [-0.2, 0) is 4.79 Å². The van der Waals surface area contributed by atoms with E-state index in [2.05, 4.69) is 17.1 Å². The third kappa shape index (κ3) is 3.18. The maximum atomic E-state index is 11.3. The molecule has 0 radical (unpaired) electrons. The highest BCUT2D eigenvalue weighted by Crippen LogP contribution is 2.25. The van der Waals surface area contributed by atoms with E-state index in [1.165, 1.54) is 12.8 Å². The average molecular weight is 213 g/mol. The van der Waals surface area contributed by atoms with Crippen molar-refractivity contribution in [2.45, 2.75) is 32.2 Å². The number of likely N-dealkylation sites (tertiary alicyclic amines) is 1. The van der Waals surface area contributed by atoms with Gasteiger partial charge in [0.05, 0.1) is 6.54 Å². The van der Waals surface area contributed by atoms with E-state index in [1.807, 2.05) is 0 Å². The lowest BCUT2D eigenvalue weighted by Crippen LogP contribution is -2.52. The van der Waals surface area contributed by atoms with Crippen molar-refractivity contribution in [3.63, 3.8) is 0 Å². The second kappa shape index (κ2) is 6.08. The Morgan fingerprint density at radius 1 is 1.60 bits per heavy atom. The van der Waals surface area contributed by atoms with Crippen molar-refractivity contribution < 1.29 is 4.79 Å². The minimum atomic E-state index is 0.0882. The lowest BCUT2D eigenvalue weighted by molar-refractivity contribution is -0.123. The van der Waals surface area contributed by atoms with Gasteiger partial charge in [-0.15, -0.1) is 0 Å². The van der Waals surface area contributed by atoms with Crippen LogP contribution in [0.1, 0.15) is 26.2 Å². The van der Waals surface area contributed by atoms with E-state index in [9.17, 15) is 4.79 Å². The summed E-state index contributed by atoms with van der Waals surface area (Å²) < 4.78 is 0. The molecule has 1 saturated heterocycles. The molecule has 0 aromatic heterocycles. The number of carbonyl (C=O) groups is 1. The zero-order valence-corrected chi connectivity index (χ0v) is 9.83. The summed E-state index contributed by atoms with van der Waals surface area (Å²) in [6.07, 6.45) is 3.60. The largest absolute Gasteiger partial charge is 0.358 e. The Hall–Kier alpha value is -0.610. The van der Waals surface area contributed by atoms with Gasteiger partial charge < -0.3 is 11.1 Å². The predicted octanol–water partition coefficient (Wildman–Crippen LogP) is 0.182. The highest BCUT2D eigenvalue weighted by Gasteiger charge is 2.29. The summed E-state index contributed by atoms with van der Waals surface area (Å²) >= 11 is 0. The highest BCUT2D eigenvalue weighted by molar-refractivity contribution is 5.77. The molecule has 0 spiro atoms. The van der Waals surface area contributed by atoms with Crippen LogP contribution in [-0.4, -0.2) is 43.5 Å². The average Bonchev–Trinajstić information content (AvgIpc) is 2.28. The van der Waals surface area contributed by atoms with Gasteiger partial charge in [-0.1, -0.05) is 13.3 Å². The molecule has 2 atom stereocenters. The number of carbonyl (C=O) groups excluding carboxylic acids is 1. The van der Waals surface area contributed by atoms with Gasteiger partial charge in [0.1, 0.15) is 0 Å². The molecule has 0 saturated carbocycles. The molecule has 88 valence electrons. The van der Waals surface area contributed by atoms with E-state index >= 15 is 0 Å². The summed E-state index contributed by atoms with van der Waals surface area (Å²) in [4.78, 5) is 13.6. The highest BCUT2D eigenvalue weighted by atomic mass is 16.1. The van der Waals surface area contributed by atoms with Gasteiger partial charge in [-0.3, -0.25) is 9.69 Å². The van der Waals surface area contributed by atoms with E-state index in [4.69, 9.17) is 5.73 Å². The molecule has 0 bridgehead atoms. The monoisotopic (exact) mass is 213 g/mol. The van der Waals surface area contributed by atoms with Crippen LogP contribution in [0.4, 0.5) is 0 Å². The SMILES string of the molecule is CCC1CCCN(CC(=O)NC)C1CN. The normalized spacial score (nSPS) is 27.7. The zero-order chi connectivity index (χ0) is 11.3. The number of amides is 1. The molecule has 4 nitrogen and oxygen atoms in total. The predicted molar refractivity (Wildman–Crippen MR) is 61.5 cm³/mol.